The van der Waals surface area contributed by atoms with Gasteiger partial charge in [-0.15, -0.1) is 0 Å². The first-order valence-corrected chi connectivity index (χ1v) is 5.99. The Bertz CT molecular complexity index is 342. The van der Waals surface area contributed by atoms with Crippen molar-refractivity contribution in [2.24, 2.45) is 0 Å². The quantitative estimate of drug-likeness (QED) is 0.781. The summed E-state index contributed by atoms with van der Waals surface area (Å²) in [5, 5.41) is 0. The van der Waals surface area contributed by atoms with Crippen molar-refractivity contribution in [3.63, 3.8) is 0 Å². The lowest BCUT2D eigenvalue weighted by atomic mass is 10.2. The Morgan fingerprint density at radius 1 is 1.53 bits per heavy atom. The highest BCUT2D eigenvalue weighted by Gasteiger charge is 2.26. The molecule has 1 aromatic rings. The molecule has 4 heteroatoms. The molecule has 1 saturated heterocycles. The van der Waals surface area contributed by atoms with Crippen molar-refractivity contribution in [1.82, 2.24) is 9.88 Å². The number of aromatic nitrogens is 1. The monoisotopic (exact) mass is 268 g/mol. The number of likely N-dealkylation sites (tertiary alicyclic amines) is 1. The summed E-state index contributed by atoms with van der Waals surface area (Å²) in [6, 6.07) is 5.87. The molecule has 0 bridgehead atoms. The van der Waals surface area contributed by atoms with Crippen LogP contribution in [0.5, 0.6) is 0 Å². The van der Waals surface area contributed by atoms with Crippen LogP contribution in [0.2, 0.25) is 0 Å². The minimum absolute atomic E-state index is 0.243. The van der Waals surface area contributed by atoms with Crippen LogP contribution < -0.4 is 0 Å². The molecule has 1 aromatic heterocycles. The fraction of sp³-hybridized carbons (Fsp3) is 0.455. The SMILES string of the molecule is O=C1CC(Br)CN1CCc1ccccn1. The van der Waals surface area contributed by atoms with Gasteiger partial charge in [-0.25, -0.2) is 0 Å². The second-order valence-electron chi connectivity index (χ2n) is 3.71. The van der Waals surface area contributed by atoms with Gasteiger partial charge in [-0.2, -0.15) is 0 Å². The van der Waals surface area contributed by atoms with Crippen LogP contribution in [-0.4, -0.2) is 33.7 Å². The largest absolute Gasteiger partial charge is 0.341 e. The highest BCUT2D eigenvalue weighted by atomic mass is 79.9. The normalized spacial score (nSPS) is 21.0. The molecule has 1 atom stereocenters. The lowest BCUT2D eigenvalue weighted by Gasteiger charge is -2.14. The first kappa shape index (κ1) is 10.6. The van der Waals surface area contributed by atoms with Gasteiger partial charge in [0, 0.05) is 42.6 Å². The third kappa shape index (κ3) is 2.78. The van der Waals surface area contributed by atoms with Gasteiger partial charge in [-0.3, -0.25) is 9.78 Å². The van der Waals surface area contributed by atoms with E-state index in [1.54, 1.807) is 6.20 Å². The maximum absolute atomic E-state index is 11.5. The number of nitrogens with zero attached hydrogens (tertiary/aromatic N) is 2. The van der Waals surface area contributed by atoms with Gasteiger partial charge in [0.15, 0.2) is 0 Å². The summed E-state index contributed by atoms with van der Waals surface area (Å²) in [7, 11) is 0. The lowest BCUT2D eigenvalue weighted by molar-refractivity contribution is -0.127. The Kier molecular flexibility index (Phi) is 3.36. The van der Waals surface area contributed by atoms with E-state index in [1.165, 1.54) is 0 Å². The van der Waals surface area contributed by atoms with Gasteiger partial charge in [0.25, 0.3) is 0 Å². The van der Waals surface area contributed by atoms with E-state index in [4.69, 9.17) is 0 Å². The molecule has 1 aliphatic heterocycles. The van der Waals surface area contributed by atoms with E-state index < -0.39 is 0 Å². The number of amides is 1. The van der Waals surface area contributed by atoms with E-state index >= 15 is 0 Å². The molecule has 1 unspecified atom stereocenters. The molecule has 15 heavy (non-hydrogen) atoms. The number of pyridine rings is 1. The predicted molar refractivity (Wildman–Crippen MR) is 61.9 cm³/mol. The van der Waals surface area contributed by atoms with Crippen molar-refractivity contribution in [3.8, 4) is 0 Å². The zero-order valence-electron chi connectivity index (χ0n) is 8.40. The van der Waals surface area contributed by atoms with Gasteiger partial charge in [0.2, 0.25) is 5.91 Å². The zero-order chi connectivity index (χ0) is 10.7. The molecule has 0 radical (unpaired) electrons. The van der Waals surface area contributed by atoms with E-state index in [9.17, 15) is 4.79 Å². The van der Waals surface area contributed by atoms with Gasteiger partial charge in [-0.05, 0) is 12.1 Å². The molecule has 1 aliphatic rings. The first-order chi connectivity index (χ1) is 7.25. The molecule has 0 spiro atoms. The number of carbonyl (C=O) groups is 1. The second-order valence-corrected chi connectivity index (χ2v) is 5.01. The van der Waals surface area contributed by atoms with Gasteiger partial charge < -0.3 is 4.90 Å². The molecule has 2 rings (SSSR count). The van der Waals surface area contributed by atoms with E-state index in [2.05, 4.69) is 20.9 Å². The van der Waals surface area contributed by atoms with E-state index in [-0.39, 0.29) is 5.91 Å². The third-order valence-corrected chi connectivity index (χ3v) is 3.14. The number of rotatable bonds is 3. The molecule has 0 aliphatic carbocycles. The minimum Gasteiger partial charge on any atom is -0.341 e. The number of hydrogen-bond donors (Lipinski definition) is 0. The van der Waals surface area contributed by atoms with Crippen molar-refractivity contribution >= 4 is 21.8 Å². The molecule has 2 heterocycles. The summed E-state index contributed by atoms with van der Waals surface area (Å²) >= 11 is 3.47. The summed E-state index contributed by atoms with van der Waals surface area (Å²) in [6.45, 7) is 1.60. The molecular formula is C11H13BrN2O. The standard InChI is InChI=1S/C11H13BrN2O/c12-9-7-11(15)14(8-9)6-4-10-3-1-2-5-13-10/h1-3,5,9H,4,6-8H2. The Labute approximate surface area is 97.6 Å². The van der Waals surface area contributed by atoms with E-state index in [1.807, 2.05) is 23.1 Å². The number of alkyl halides is 1. The Hall–Kier alpha value is -0.900. The number of carbonyl (C=O) groups excluding carboxylic acids is 1. The highest BCUT2D eigenvalue weighted by molar-refractivity contribution is 9.09. The Balaban J connectivity index is 1.86. The fourth-order valence-corrected chi connectivity index (χ4v) is 2.36. The van der Waals surface area contributed by atoms with Gasteiger partial charge in [0.1, 0.15) is 0 Å². The molecule has 0 N–H and O–H groups in total. The van der Waals surface area contributed by atoms with Crippen LogP contribution in [0.4, 0.5) is 0 Å². The molecule has 80 valence electrons. The smallest absolute Gasteiger partial charge is 0.223 e. The van der Waals surface area contributed by atoms with Crippen molar-refractivity contribution in [2.75, 3.05) is 13.1 Å². The summed E-state index contributed by atoms with van der Waals surface area (Å²) in [4.78, 5) is 17.9. The summed E-state index contributed by atoms with van der Waals surface area (Å²) in [5.74, 6) is 0.243. The fourth-order valence-electron chi connectivity index (χ4n) is 1.74. The molecule has 1 amide bonds. The summed E-state index contributed by atoms with van der Waals surface area (Å²) in [5.41, 5.74) is 1.04. The molecular weight excluding hydrogens is 256 g/mol. The minimum atomic E-state index is 0.243. The van der Waals surface area contributed by atoms with Crippen molar-refractivity contribution in [2.45, 2.75) is 17.7 Å². The van der Waals surface area contributed by atoms with E-state index in [0.29, 0.717) is 11.2 Å². The van der Waals surface area contributed by atoms with Crippen LogP contribution in [0.1, 0.15) is 12.1 Å². The first-order valence-electron chi connectivity index (χ1n) is 5.07. The lowest BCUT2D eigenvalue weighted by Crippen LogP contribution is -2.27. The Morgan fingerprint density at radius 3 is 3.00 bits per heavy atom. The number of halogens is 1. The average Bonchev–Trinajstić information content (AvgIpc) is 2.56. The van der Waals surface area contributed by atoms with Crippen LogP contribution in [-0.2, 0) is 11.2 Å². The molecule has 3 nitrogen and oxygen atoms in total. The maximum atomic E-state index is 11.5. The second kappa shape index (κ2) is 4.75. The topological polar surface area (TPSA) is 33.2 Å². The molecule has 0 saturated carbocycles. The van der Waals surface area contributed by atoms with Gasteiger partial charge in [-0.1, -0.05) is 22.0 Å². The summed E-state index contributed by atoms with van der Waals surface area (Å²) in [6.07, 6.45) is 3.25. The summed E-state index contributed by atoms with van der Waals surface area (Å²) < 4.78 is 0. The third-order valence-electron chi connectivity index (χ3n) is 2.53. The van der Waals surface area contributed by atoms with Crippen LogP contribution in [0.3, 0.4) is 0 Å². The average molecular weight is 269 g/mol. The molecule has 0 aromatic carbocycles. The van der Waals surface area contributed by atoms with Crippen molar-refractivity contribution in [1.29, 1.82) is 0 Å². The zero-order valence-corrected chi connectivity index (χ0v) is 9.98. The maximum Gasteiger partial charge on any atom is 0.223 e. The van der Waals surface area contributed by atoms with Gasteiger partial charge >= 0.3 is 0 Å². The molecule has 1 fully saturated rings. The van der Waals surface area contributed by atoms with Crippen molar-refractivity contribution in [3.05, 3.63) is 30.1 Å². The predicted octanol–water partition coefficient (Wildman–Crippen LogP) is 1.62. The van der Waals surface area contributed by atoms with Crippen LogP contribution in [0, 0.1) is 0 Å². The van der Waals surface area contributed by atoms with Crippen LogP contribution >= 0.6 is 15.9 Å². The van der Waals surface area contributed by atoms with Crippen LogP contribution in [0.25, 0.3) is 0 Å². The van der Waals surface area contributed by atoms with Gasteiger partial charge in [0.05, 0.1) is 0 Å². The van der Waals surface area contributed by atoms with E-state index in [0.717, 1.165) is 25.2 Å². The van der Waals surface area contributed by atoms with Crippen LogP contribution in [0.15, 0.2) is 24.4 Å². The number of hydrogen-bond acceptors (Lipinski definition) is 2. The van der Waals surface area contributed by atoms with Crippen molar-refractivity contribution < 1.29 is 4.79 Å². The Morgan fingerprint density at radius 2 is 2.40 bits per heavy atom. The highest BCUT2D eigenvalue weighted by Crippen LogP contribution is 2.17.